The third-order valence-corrected chi connectivity index (χ3v) is 2.38. The molecule has 0 unspecified atom stereocenters. The van der Waals surface area contributed by atoms with Gasteiger partial charge in [-0.05, 0) is 19.5 Å². The van der Waals surface area contributed by atoms with Gasteiger partial charge in [0, 0.05) is 13.0 Å². The standard InChI is InChI=1S/C12H23NO/c1-4-7-8-9-10-11-12(14)13(5-2)6-3/h5H,2,4,6-11H2,1,3H3. The molecule has 14 heavy (non-hydrogen) atoms. The first kappa shape index (κ1) is 13.2. The van der Waals surface area contributed by atoms with Crippen LogP contribution in [0.3, 0.4) is 0 Å². The Labute approximate surface area is 88.0 Å². The Kier molecular flexibility index (Phi) is 8.30. The molecule has 0 aromatic carbocycles. The molecule has 0 aromatic heterocycles. The average molecular weight is 197 g/mol. The molecule has 0 bridgehead atoms. The molecule has 2 heteroatoms. The lowest BCUT2D eigenvalue weighted by Gasteiger charge is -2.14. The van der Waals surface area contributed by atoms with Gasteiger partial charge in [-0.25, -0.2) is 0 Å². The van der Waals surface area contributed by atoms with Gasteiger partial charge in [0.2, 0.25) is 5.91 Å². The van der Waals surface area contributed by atoms with E-state index in [9.17, 15) is 4.79 Å². The summed E-state index contributed by atoms with van der Waals surface area (Å²) >= 11 is 0. The van der Waals surface area contributed by atoms with E-state index >= 15 is 0 Å². The Morgan fingerprint density at radius 3 is 2.36 bits per heavy atom. The Hall–Kier alpha value is -0.790. The van der Waals surface area contributed by atoms with E-state index in [1.165, 1.54) is 25.7 Å². The summed E-state index contributed by atoms with van der Waals surface area (Å²) in [7, 11) is 0. The number of rotatable bonds is 8. The van der Waals surface area contributed by atoms with Gasteiger partial charge in [-0.3, -0.25) is 4.79 Å². The largest absolute Gasteiger partial charge is 0.320 e. The normalized spacial score (nSPS) is 9.86. The van der Waals surface area contributed by atoms with E-state index in [0.717, 1.165) is 13.0 Å². The number of amides is 1. The summed E-state index contributed by atoms with van der Waals surface area (Å²) in [5.74, 6) is 0.207. The summed E-state index contributed by atoms with van der Waals surface area (Å²) in [5, 5.41) is 0. The van der Waals surface area contributed by atoms with Gasteiger partial charge in [0.25, 0.3) is 0 Å². The van der Waals surface area contributed by atoms with Crippen molar-refractivity contribution in [3.63, 3.8) is 0 Å². The zero-order valence-electron chi connectivity index (χ0n) is 9.59. The third kappa shape index (κ3) is 5.79. The van der Waals surface area contributed by atoms with E-state index in [1.54, 1.807) is 11.1 Å². The van der Waals surface area contributed by atoms with Crippen molar-refractivity contribution in [2.45, 2.75) is 52.4 Å². The minimum Gasteiger partial charge on any atom is -0.320 e. The molecule has 2 nitrogen and oxygen atoms in total. The molecule has 1 amide bonds. The molecule has 0 saturated carbocycles. The molecule has 0 heterocycles. The van der Waals surface area contributed by atoms with Crippen molar-refractivity contribution in [2.75, 3.05) is 6.54 Å². The first-order chi connectivity index (χ1) is 6.76. The van der Waals surface area contributed by atoms with Gasteiger partial charge in [0.1, 0.15) is 0 Å². The lowest BCUT2D eigenvalue weighted by molar-refractivity contribution is -0.128. The fraction of sp³-hybridized carbons (Fsp3) is 0.750. The van der Waals surface area contributed by atoms with Crippen LogP contribution in [0.15, 0.2) is 12.8 Å². The van der Waals surface area contributed by atoms with E-state index in [4.69, 9.17) is 0 Å². The fourth-order valence-electron chi connectivity index (χ4n) is 1.43. The Morgan fingerprint density at radius 2 is 1.86 bits per heavy atom. The molecule has 0 spiro atoms. The second kappa shape index (κ2) is 8.79. The van der Waals surface area contributed by atoms with E-state index in [1.807, 2.05) is 6.92 Å². The smallest absolute Gasteiger partial charge is 0.226 e. The van der Waals surface area contributed by atoms with Crippen LogP contribution in [0.25, 0.3) is 0 Å². The molecular weight excluding hydrogens is 174 g/mol. The van der Waals surface area contributed by atoms with Crippen LogP contribution in [-0.4, -0.2) is 17.4 Å². The first-order valence-electron chi connectivity index (χ1n) is 5.68. The molecule has 0 aromatic rings. The Morgan fingerprint density at radius 1 is 1.21 bits per heavy atom. The minimum absolute atomic E-state index is 0.207. The summed E-state index contributed by atoms with van der Waals surface area (Å²) in [6.45, 7) is 8.51. The maximum atomic E-state index is 11.5. The summed E-state index contributed by atoms with van der Waals surface area (Å²) < 4.78 is 0. The molecule has 0 saturated heterocycles. The minimum atomic E-state index is 0.207. The topological polar surface area (TPSA) is 20.3 Å². The van der Waals surface area contributed by atoms with Crippen molar-refractivity contribution in [3.8, 4) is 0 Å². The van der Waals surface area contributed by atoms with Gasteiger partial charge in [-0.15, -0.1) is 0 Å². The second-order valence-corrected chi connectivity index (χ2v) is 3.53. The molecule has 0 N–H and O–H groups in total. The Bertz CT molecular complexity index is 166. The van der Waals surface area contributed by atoms with E-state index < -0.39 is 0 Å². The number of unbranched alkanes of at least 4 members (excludes halogenated alkanes) is 4. The number of carbonyl (C=O) groups is 1. The van der Waals surface area contributed by atoms with Gasteiger partial charge in [0.15, 0.2) is 0 Å². The lowest BCUT2D eigenvalue weighted by atomic mass is 10.1. The van der Waals surface area contributed by atoms with Crippen LogP contribution < -0.4 is 0 Å². The predicted molar refractivity (Wildman–Crippen MR) is 61.0 cm³/mol. The van der Waals surface area contributed by atoms with E-state index in [2.05, 4.69) is 13.5 Å². The van der Waals surface area contributed by atoms with Crippen molar-refractivity contribution < 1.29 is 4.79 Å². The number of nitrogens with zero attached hydrogens (tertiary/aromatic N) is 1. The molecule has 0 aliphatic carbocycles. The van der Waals surface area contributed by atoms with Crippen LogP contribution >= 0.6 is 0 Å². The molecular formula is C12H23NO. The van der Waals surface area contributed by atoms with Crippen LogP contribution in [0.2, 0.25) is 0 Å². The zero-order chi connectivity index (χ0) is 10.8. The quantitative estimate of drug-likeness (QED) is 0.546. The molecule has 0 radical (unpaired) electrons. The fourth-order valence-corrected chi connectivity index (χ4v) is 1.43. The number of hydrogen-bond donors (Lipinski definition) is 0. The average Bonchev–Trinajstić information content (AvgIpc) is 2.19. The highest BCUT2D eigenvalue weighted by Gasteiger charge is 2.06. The van der Waals surface area contributed by atoms with Crippen molar-refractivity contribution in [1.82, 2.24) is 4.90 Å². The third-order valence-electron chi connectivity index (χ3n) is 2.38. The van der Waals surface area contributed by atoms with Crippen molar-refractivity contribution in [1.29, 1.82) is 0 Å². The highest BCUT2D eigenvalue weighted by molar-refractivity contribution is 5.76. The van der Waals surface area contributed by atoms with Crippen molar-refractivity contribution in [3.05, 3.63) is 12.8 Å². The zero-order valence-corrected chi connectivity index (χ0v) is 9.59. The summed E-state index contributed by atoms with van der Waals surface area (Å²) in [5.41, 5.74) is 0. The highest BCUT2D eigenvalue weighted by Crippen LogP contribution is 2.06. The second-order valence-electron chi connectivity index (χ2n) is 3.53. The van der Waals surface area contributed by atoms with Crippen LogP contribution in [0.4, 0.5) is 0 Å². The molecule has 0 aliphatic rings. The molecule has 82 valence electrons. The van der Waals surface area contributed by atoms with Gasteiger partial charge in [0.05, 0.1) is 0 Å². The molecule has 0 fully saturated rings. The number of carbonyl (C=O) groups excluding carboxylic acids is 1. The molecule has 0 aliphatic heterocycles. The van der Waals surface area contributed by atoms with Crippen LogP contribution in [-0.2, 0) is 4.79 Å². The SMILES string of the molecule is C=CN(CC)C(=O)CCCCCCC. The monoisotopic (exact) mass is 197 g/mol. The summed E-state index contributed by atoms with van der Waals surface area (Å²) in [6, 6.07) is 0. The maximum absolute atomic E-state index is 11.5. The summed E-state index contributed by atoms with van der Waals surface area (Å²) in [4.78, 5) is 13.2. The van der Waals surface area contributed by atoms with Gasteiger partial charge < -0.3 is 4.90 Å². The van der Waals surface area contributed by atoms with Crippen LogP contribution in [0.1, 0.15) is 52.4 Å². The van der Waals surface area contributed by atoms with Crippen LogP contribution in [0, 0.1) is 0 Å². The molecule has 0 atom stereocenters. The first-order valence-corrected chi connectivity index (χ1v) is 5.68. The molecule has 0 rings (SSSR count). The maximum Gasteiger partial charge on any atom is 0.226 e. The van der Waals surface area contributed by atoms with Gasteiger partial charge in [-0.2, -0.15) is 0 Å². The van der Waals surface area contributed by atoms with Gasteiger partial charge in [-0.1, -0.05) is 39.2 Å². The van der Waals surface area contributed by atoms with E-state index in [0.29, 0.717) is 6.42 Å². The van der Waals surface area contributed by atoms with Crippen molar-refractivity contribution >= 4 is 5.91 Å². The predicted octanol–water partition coefficient (Wildman–Crippen LogP) is 3.34. The van der Waals surface area contributed by atoms with E-state index in [-0.39, 0.29) is 5.91 Å². The van der Waals surface area contributed by atoms with Gasteiger partial charge >= 0.3 is 0 Å². The number of hydrogen-bond acceptors (Lipinski definition) is 1. The Balaban J connectivity index is 3.47. The van der Waals surface area contributed by atoms with Crippen LogP contribution in [0.5, 0.6) is 0 Å². The highest BCUT2D eigenvalue weighted by atomic mass is 16.2. The van der Waals surface area contributed by atoms with Crippen molar-refractivity contribution in [2.24, 2.45) is 0 Å². The lowest BCUT2D eigenvalue weighted by Crippen LogP contribution is -2.24. The summed E-state index contributed by atoms with van der Waals surface area (Å²) in [6.07, 6.45) is 8.27.